The van der Waals surface area contributed by atoms with Gasteiger partial charge >= 0.3 is 15.1 Å². The summed E-state index contributed by atoms with van der Waals surface area (Å²) < 4.78 is 26.1. The van der Waals surface area contributed by atoms with Crippen molar-refractivity contribution in [3.05, 3.63) is 121 Å². The van der Waals surface area contributed by atoms with E-state index in [0.717, 1.165) is 77.8 Å². The first-order valence-corrected chi connectivity index (χ1v) is 18.5. The van der Waals surface area contributed by atoms with Crippen LogP contribution in [0, 0.1) is 0 Å². The van der Waals surface area contributed by atoms with Gasteiger partial charge in [0.25, 0.3) is 0 Å². The molecule has 0 radical (unpaired) electrons. The lowest BCUT2D eigenvalue weighted by Gasteiger charge is -2.19. The summed E-state index contributed by atoms with van der Waals surface area (Å²) in [7, 11) is 0. The highest BCUT2D eigenvalue weighted by molar-refractivity contribution is 6.40. The maximum Gasteiger partial charge on any atom is 1.20 e. The maximum absolute atomic E-state index is 6.68. The Balaban J connectivity index is 1.07. The number of rotatable bonds is 13. The highest BCUT2D eigenvalue weighted by Gasteiger charge is 2.46. The second-order valence-electron chi connectivity index (χ2n) is 12.2. The summed E-state index contributed by atoms with van der Waals surface area (Å²) in [4.78, 5) is 13.9. The van der Waals surface area contributed by atoms with E-state index in [-0.39, 0.29) is 0 Å². The van der Waals surface area contributed by atoms with Crippen LogP contribution < -0.4 is 11.4 Å². The monoisotopic (exact) mass is 653 g/mol. The number of pyridine rings is 3. The molecule has 242 valence electrons. The molecule has 0 saturated carbocycles. The number of ether oxygens (including phenoxy) is 1. The highest BCUT2D eigenvalue weighted by Crippen LogP contribution is 2.31. The quantitative estimate of drug-likeness (QED) is 0.0698. The first-order valence-electron chi connectivity index (χ1n) is 17.1. The van der Waals surface area contributed by atoms with E-state index in [1.165, 1.54) is 24.8 Å². The van der Waals surface area contributed by atoms with E-state index in [2.05, 4.69) is 34.3 Å². The van der Waals surface area contributed by atoms with Crippen LogP contribution in [0.25, 0.3) is 32.7 Å². The topological polar surface area (TPSA) is 75.6 Å². The van der Waals surface area contributed by atoms with Crippen LogP contribution in [-0.4, -0.2) is 42.8 Å². The van der Waals surface area contributed by atoms with Gasteiger partial charge in [0.1, 0.15) is 33.8 Å². The number of aromatic nitrogens is 3. The Morgan fingerprint density at radius 3 is 1.94 bits per heavy atom. The first-order chi connectivity index (χ1) is 23.8. The summed E-state index contributed by atoms with van der Waals surface area (Å²) in [5, 5.41) is 3.05. The van der Waals surface area contributed by atoms with Crippen LogP contribution in [0.3, 0.4) is 0 Å². The second kappa shape index (κ2) is 16.1. The maximum atomic E-state index is 6.68. The molecule has 0 saturated heterocycles. The van der Waals surface area contributed by atoms with Gasteiger partial charge in [-0.1, -0.05) is 67.1 Å². The lowest BCUT2D eigenvalue weighted by molar-refractivity contribution is 0.0381. The van der Waals surface area contributed by atoms with Crippen LogP contribution in [0.4, 0.5) is 0 Å². The minimum atomic E-state index is -2.94. The van der Waals surface area contributed by atoms with Gasteiger partial charge in [-0.25, -0.2) is 0 Å². The largest absolute Gasteiger partial charge is 1.20 e. The summed E-state index contributed by atoms with van der Waals surface area (Å²) in [6, 6.07) is 27.8. The molecule has 1 unspecified atom stereocenters. The van der Waals surface area contributed by atoms with Crippen LogP contribution in [0.5, 0.6) is 17.2 Å². The normalized spacial score (nSPS) is 15.5. The zero-order chi connectivity index (χ0) is 32.4. The smallest absolute Gasteiger partial charge is 0.576 e. The number of hydrogen-bond acceptors (Lipinski definition) is 7. The average molecular weight is 654 g/mol. The molecule has 0 bridgehead atoms. The number of unbranched alkanes of at least 4 members (excludes halogenated alkanes) is 2. The van der Waals surface area contributed by atoms with Crippen molar-refractivity contribution in [3.8, 4) is 17.2 Å². The molecule has 48 heavy (non-hydrogen) atoms. The van der Waals surface area contributed by atoms with Crippen LogP contribution in [0.2, 0.25) is 0 Å². The Morgan fingerprint density at radius 1 is 0.583 bits per heavy atom. The molecule has 0 N–H and O–H groups in total. The lowest BCUT2D eigenvalue weighted by atomic mass is 10.0. The van der Waals surface area contributed by atoms with E-state index in [0.29, 0.717) is 23.4 Å². The van der Waals surface area contributed by atoms with Crippen LogP contribution in [-0.2, 0) is 11.2 Å². The van der Waals surface area contributed by atoms with E-state index in [9.17, 15) is 0 Å². The van der Waals surface area contributed by atoms with Gasteiger partial charge in [-0.05, 0) is 93.3 Å². The van der Waals surface area contributed by atoms with Gasteiger partial charge in [0.15, 0.2) is 0 Å². The SMILES string of the molecule is C1=C\CCC(OCCCCCc2ccnc3c([O][Al]([O]c4cccc5cccnc45)[O]c4cccc5cccnc45)cccc23)CCC/1. The van der Waals surface area contributed by atoms with Gasteiger partial charge in [-0.2, -0.15) is 0 Å². The Morgan fingerprint density at radius 2 is 1.21 bits per heavy atom. The molecule has 3 heterocycles. The summed E-state index contributed by atoms with van der Waals surface area (Å²) in [5.74, 6) is 1.86. The van der Waals surface area contributed by atoms with Crippen molar-refractivity contribution < 1.29 is 16.1 Å². The number of para-hydroxylation sites is 3. The summed E-state index contributed by atoms with van der Waals surface area (Å²) in [5.41, 5.74) is 3.57. The Labute approximate surface area is 287 Å². The molecule has 0 amide bonds. The van der Waals surface area contributed by atoms with Gasteiger partial charge in [-0.3, -0.25) is 15.0 Å². The molecule has 1 aliphatic rings. The number of hydrogen-bond donors (Lipinski definition) is 0. The standard InChI is InChI=1S/C22H29NO2.2C9H7NO.Al/c24-21-14-9-13-20-18(15-16-23-22(20)21)10-5-4-8-17-25-19-11-6-2-1-3-7-12-19;2*11-8-5-1-3-7-4-2-6-10-9(7)8;/h1-2,9,13-16,19,24H,3-8,10-12,17H2;2*1-6,11H;/q;;;+3/p-3/b2-1-;;;. The number of allylic oxidation sites excluding steroid dienone is 2. The van der Waals surface area contributed by atoms with E-state index in [1.54, 1.807) is 12.4 Å². The zero-order valence-electron chi connectivity index (χ0n) is 27.2. The molecule has 8 heteroatoms. The predicted molar refractivity (Wildman–Crippen MR) is 192 cm³/mol. The van der Waals surface area contributed by atoms with Crippen molar-refractivity contribution in [1.29, 1.82) is 0 Å². The van der Waals surface area contributed by atoms with Crippen molar-refractivity contribution in [3.63, 3.8) is 0 Å². The minimum absolute atomic E-state index is 0.409. The zero-order valence-corrected chi connectivity index (χ0v) is 28.3. The summed E-state index contributed by atoms with van der Waals surface area (Å²) in [6.07, 6.45) is 20.5. The predicted octanol–water partition coefficient (Wildman–Crippen LogP) is 9.47. The van der Waals surface area contributed by atoms with Crippen molar-refractivity contribution in [1.82, 2.24) is 15.0 Å². The van der Waals surface area contributed by atoms with Gasteiger partial charge < -0.3 is 16.1 Å². The third-order valence-corrected chi connectivity index (χ3v) is 10.2. The molecule has 1 atom stereocenters. The molecule has 3 aromatic heterocycles. The summed E-state index contributed by atoms with van der Waals surface area (Å²) >= 11 is -2.94. The van der Waals surface area contributed by atoms with Gasteiger partial charge in [0, 0.05) is 41.4 Å². The van der Waals surface area contributed by atoms with Crippen LogP contribution >= 0.6 is 0 Å². The Kier molecular flexibility index (Phi) is 10.7. The van der Waals surface area contributed by atoms with Crippen molar-refractivity contribution in [2.75, 3.05) is 6.61 Å². The van der Waals surface area contributed by atoms with Crippen molar-refractivity contribution >= 4 is 47.9 Å². The van der Waals surface area contributed by atoms with Gasteiger partial charge in [0.2, 0.25) is 0 Å². The number of fused-ring (bicyclic) bond motifs is 3. The third-order valence-electron chi connectivity index (χ3n) is 8.85. The van der Waals surface area contributed by atoms with Crippen molar-refractivity contribution in [2.45, 2.75) is 63.9 Å². The fraction of sp³-hybridized carbons (Fsp3) is 0.275. The molecule has 0 spiro atoms. The number of nitrogens with zero attached hydrogens (tertiary/aromatic N) is 3. The molecule has 0 fully saturated rings. The van der Waals surface area contributed by atoms with E-state index in [4.69, 9.17) is 21.1 Å². The molecule has 3 aromatic carbocycles. The highest BCUT2D eigenvalue weighted by atomic mass is 27.3. The molecule has 0 aliphatic heterocycles. The molecular formula is C40H40AlN3O4. The number of aryl methyl sites for hydroxylation is 1. The Bertz CT molecular complexity index is 1910. The molecule has 1 aliphatic carbocycles. The Hall–Kier alpha value is -4.48. The van der Waals surface area contributed by atoms with Crippen LogP contribution in [0.15, 0.2) is 116 Å². The minimum Gasteiger partial charge on any atom is -0.576 e. The molecule has 7 rings (SSSR count). The van der Waals surface area contributed by atoms with E-state index < -0.39 is 15.1 Å². The second-order valence-corrected chi connectivity index (χ2v) is 13.5. The lowest BCUT2D eigenvalue weighted by Crippen LogP contribution is -2.37. The van der Waals surface area contributed by atoms with Crippen molar-refractivity contribution in [2.24, 2.45) is 0 Å². The first kappa shape index (κ1) is 32.1. The van der Waals surface area contributed by atoms with E-state index in [1.807, 2.05) is 79.0 Å². The summed E-state index contributed by atoms with van der Waals surface area (Å²) in [6.45, 7) is 0.841. The average Bonchev–Trinajstić information content (AvgIpc) is 3.11. The van der Waals surface area contributed by atoms with Gasteiger partial charge in [0.05, 0.1) is 6.10 Å². The third kappa shape index (κ3) is 7.96. The molecular weight excluding hydrogens is 613 g/mol. The van der Waals surface area contributed by atoms with Gasteiger partial charge in [-0.15, -0.1) is 0 Å². The fourth-order valence-corrected chi connectivity index (χ4v) is 7.72. The van der Waals surface area contributed by atoms with E-state index >= 15 is 0 Å². The molecule has 7 nitrogen and oxygen atoms in total. The fourth-order valence-electron chi connectivity index (χ4n) is 6.38. The van der Waals surface area contributed by atoms with Crippen LogP contribution in [0.1, 0.15) is 56.9 Å². The number of benzene rings is 3. The molecule has 6 aromatic rings.